The van der Waals surface area contributed by atoms with Gasteiger partial charge in [0, 0.05) is 18.6 Å². The molecule has 2 N–H and O–H groups in total. The van der Waals surface area contributed by atoms with Gasteiger partial charge in [-0.05, 0) is 30.7 Å². The molecule has 0 spiro atoms. The van der Waals surface area contributed by atoms with E-state index in [4.69, 9.17) is 11.6 Å². The van der Waals surface area contributed by atoms with E-state index >= 15 is 0 Å². The third-order valence-corrected chi connectivity index (χ3v) is 6.02. The molecule has 9 heteroatoms. The maximum Gasteiger partial charge on any atom is 0.295 e. The predicted octanol–water partition coefficient (Wildman–Crippen LogP) is 3.13. The summed E-state index contributed by atoms with van der Waals surface area (Å²) in [5.74, 6) is -0.353. The zero-order chi connectivity index (χ0) is 22.4. The van der Waals surface area contributed by atoms with Crippen molar-refractivity contribution in [3.05, 3.63) is 81.2 Å². The Morgan fingerprint density at radius 3 is 2.35 bits per heavy atom. The molecule has 0 saturated heterocycles. The second kappa shape index (κ2) is 10.4. The number of carbonyl (C=O) groups is 2. The number of anilines is 1. The first-order chi connectivity index (χ1) is 14.9. The van der Waals surface area contributed by atoms with E-state index < -0.39 is 0 Å². The van der Waals surface area contributed by atoms with Crippen LogP contribution in [0.1, 0.15) is 11.3 Å². The first-order valence-corrected chi connectivity index (χ1v) is 11.1. The van der Waals surface area contributed by atoms with Crippen LogP contribution >= 0.6 is 23.4 Å². The molecule has 7 nitrogen and oxygen atoms in total. The molecule has 3 aromatic rings. The van der Waals surface area contributed by atoms with Gasteiger partial charge in [0.1, 0.15) is 5.69 Å². The number of amides is 2. The number of rotatable bonds is 8. The minimum Gasteiger partial charge on any atom is -0.351 e. The lowest BCUT2D eigenvalue weighted by Crippen LogP contribution is -2.26. The van der Waals surface area contributed by atoms with Gasteiger partial charge in [0.15, 0.2) is 0 Å². The van der Waals surface area contributed by atoms with Gasteiger partial charge in [-0.1, -0.05) is 48.0 Å². The van der Waals surface area contributed by atoms with E-state index in [1.165, 1.54) is 16.4 Å². The molecule has 1 heterocycles. The van der Waals surface area contributed by atoms with Gasteiger partial charge >= 0.3 is 0 Å². The Bertz CT molecular complexity index is 1140. The van der Waals surface area contributed by atoms with Crippen molar-refractivity contribution in [2.75, 3.05) is 16.8 Å². The van der Waals surface area contributed by atoms with Crippen molar-refractivity contribution in [2.45, 2.75) is 13.5 Å². The van der Waals surface area contributed by atoms with Crippen LogP contribution in [-0.2, 0) is 23.2 Å². The second-order valence-corrected chi connectivity index (χ2v) is 8.24. The second-order valence-electron chi connectivity index (χ2n) is 6.85. The van der Waals surface area contributed by atoms with E-state index in [1.807, 2.05) is 48.5 Å². The summed E-state index contributed by atoms with van der Waals surface area (Å²) in [5, 5.41) is 6.06. The third-order valence-electron chi connectivity index (χ3n) is 4.72. The van der Waals surface area contributed by atoms with Gasteiger partial charge in [-0.15, -0.1) is 11.8 Å². The number of hydrogen-bond donors (Lipinski definition) is 2. The number of nitrogens with one attached hydrogen (secondary N) is 2. The summed E-state index contributed by atoms with van der Waals surface area (Å²) in [4.78, 5) is 37.2. The number of thioether (sulfide) groups is 1. The number of benzene rings is 2. The highest BCUT2D eigenvalue weighted by molar-refractivity contribution is 8.00. The largest absolute Gasteiger partial charge is 0.351 e. The number of nitrogens with zero attached hydrogens (tertiary/aromatic N) is 2. The molecule has 31 heavy (non-hydrogen) atoms. The summed E-state index contributed by atoms with van der Waals surface area (Å²) >= 11 is 7.24. The van der Waals surface area contributed by atoms with Crippen LogP contribution in [-0.4, -0.2) is 32.7 Å². The van der Waals surface area contributed by atoms with Gasteiger partial charge in [-0.3, -0.25) is 19.1 Å². The molecule has 0 saturated carbocycles. The van der Waals surface area contributed by atoms with E-state index in [1.54, 1.807) is 24.7 Å². The molecule has 0 fully saturated rings. The Labute approximate surface area is 189 Å². The van der Waals surface area contributed by atoms with Crippen LogP contribution in [0.2, 0.25) is 5.02 Å². The topological polar surface area (TPSA) is 85.1 Å². The lowest BCUT2D eigenvalue weighted by molar-refractivity contribution is -0.118. The third kappa shape index (κ3) is 5.59. The maximum absolute atomic E-state index is 12.8. The summed E-state index contributed by atoms with van der Waals surface area (Å²) in [6.07, 6.45) is 0. The number of aromatic nitrogens is 2. The van der Waals surface area contributed by atoms with Gasteiger partial charge in [-0.2, -0.15) is 0 Å². The van der Waals surface area contributed by atoms with Gasteiger partial charge in [0.2, 0.25) is 11.8 Å². The highest BCUT2D eigenvalue weighted by atomic mass is 35.5. The molecule has 0 aliphatic rings. The van der Waals surface area contributed by atoms with Crippen molar-refractivity contribution < 1.29 is 9.59 Å². The molecule has 0 bridgehead atoms. The monoisotopic (exact) mass is 458 g/mol. The standard InChI is InChI=1S/C22H23ClN4O3S/c1-15-21(22(30)27(26(15)2)17-9-4-3-5-10-17)25-20(29)14-31-13-19(28)24-12-16-8-6-7-11-18(16)23/h3-11H,12-14H2,1-2H3,(H,24,28)(H,25,29). The Kier molecular flexibility index (Phi) is 7.59. The molecule has 2 aromatic carbocycles. The smallest absolute Gasteiger partial charge is 0.295 e. The number of halogens is 1. The molecular weight excluding hydrogens is 436 g/mol. The zero-order valence-corrected chi connectivity index (χ0v) is 18.8. The Morgan fingerprint density at radius 2 is 1.65 bits per heavy atom. The van der Waals surface area contributed by atoms with Crippen LogP contribution in [0.4, 0.5) is 5.69 Å². The molecule has 0 atom stereocenters. The van der Waals surface area contributed by atoms with Crippen molar-refractivity contribution in [1.29, 1.82) is 0 Å². The lowest BCUT2D eigenvalue weighted by atomic mass is 10.2. The molecule has 0 aliphatic carbocycles. The molecule has 2 amide bonds. The normalized spacial score (nSPS) is 10.7. The summed E-state index contributed by atoms with van der Waals surface area (Å²) < 4.78 is 3.20. The molecule has 0 aliphatic heterocycles. The molecule has 0 radical (unpaired) electrons. The summed E-state index contributed by atoms with van der Waals surface area (Å²) in [6.45, 7) is 2.10. The van der Waals surface area contributed by atoms with Crippen molar-refractivity contribution in [3.8, 4) is 5.69 Å². The number of hydrogen-bond acceptors (Lipinski definition) is 4. The van der Waals surface area contributed by atoms with E-state index in [0.717, 1.165) is 5.56 Å². The van der Waals surface area contributed by atoms with Gasteiger partial charge in [0.25, 0.3) is 5.56 Å². The lowest BCUT2D eigenvalue weighted by Gasteiger charge is -2.07. The average molecular weight is 459 g/mol. The van der Waals surface area contributed by atoms with E-state index in [9.17, 15) is 14.4 Å². The minimum atomic E-state index is -0.338. The summed E-state index contributed by atoms with van der Waals surface area (Å²) in [6, 6.07) is 16.5. The first-order valence-electron chi connectivity index (χ1n) is 9.60. The summed E-state index contributed by atoms with van der Waals surface area (Å²) in [5.41, 5.74) is 2.12. The van der Waals surface area contributed by atoms with Crippen LogP contribution in [0.3, 0.4) is 0 Å². The molecular formula is C22H23ClN4O3S. The fourth-order valence-electron chi connectivity index (χ4n) is 3.01. The zero-order valence-electron chi connectivity index (χ0n) is 17.2. The SMILES string of the molecule is Cc1c(NC(=O)CSCC(=O)NCc2ccccc2Cl)c(=O)n(-c2ccccc2)n1C. The van der Waals surface area contributed by atoms with Crippen molar-refractivity contribution in [2.24, 2.45) is 7.05 Å². The average Bonchev–Trinajstić information content (AvgIpc) is 2.97. The number of carbonyl (C=O) groups excluding carboxylic acids is 2. The number of para-hydroxylation sites is 1. The maximum atomic E-state index is 12.8. The quantitative estimate of drug-likeness (QED) is 0.543. The van der Waals surface area contributed by atoms with Crippen LogP contribution in [0.25, 0.3) is 5.69 Å². The fraction of sp³-hybridized carbons (Fsp3) is 0.227. The van der Waals surface area contributed by atoms with Gasteiger partial charge in [-0.25, -0.2) is 4.68 Å². The highest BCUT2D eigenvalue weighted by Crippen LogP contribution is 2.15. The Morgan fingerprint density at radius 1 is 1.00 bits per heavy atom. The van der Waals surface area contributed by atoms with Crippen molar-refractivity contribution in [3.63, 3.8) is 0 Å². The summed E-state index contributed by atoms with van der Waals surface area (Å²) in [7, 11) is 1.76. The van der Waals surface area contributed by atoms with Gasteiger partial charge in [0.05, 0.1) is 22.9 Å². The first kappa shape index (κ1) is 22.7. The van der Waals surface area contributed by atoms with Crippen LogP contribution < -0.4 is 16.2 Å². The highest BCUT2D eigenvalue weighted by Gasteiger charge is 2.18. The Balaban J connectivity index is 1.53. The van der Waals surface area contributed by atoms with Crippen LogP contribution in [0, 0.1) is 6.92 Å². The molecule has 162 valence electrons. The molecule has 3 rings (SSSR count). The van der Waals surface area contributed by atoms with E-state index in [-0.39, 0.29) is 34.6 Å². The minimum absolute atomic E-state index is 0.0542. The van der Waals surface area contributed by atoms with E-state index in [2.05, 4.69) is 10.6 Å². The fourth-order valence-corrected chi connectivity index (χ4v) is 3.86. The predicted molar refractivity (Wildman–Crippen MR) is 125 cm³/mol. The Hall–Kier alpha value is -2.97. The molecule has 1 aromatic heterocycles. The van der Waals surface area contributed by atoms with Gasteiger partial charge < -0.3 is 10.6 Å². The van der Waals surface area contributed by atoms with Crippen LogP contribution in [0.15, 0.2) is 59.4 Å². The van der Waals surface area contributed by atoms with Crippen molar-refractivity contribution >= 4 is 40.9 Å². The van der Waals surface area contributed by atoms with Crippen molar-refractivity contribution in [1.82, 2.24) is 14.7 Å². The van der Waals surface area contributed by atoms with E-state index in [0.29, 0.717) is 22.9 Å². The molecule has 0 unspecified atom stereocenters. The van der Waals surface area contributed by atoms with Crippen LogP contribution in [0.5, 0.6) is 0 Å².